The lowest BCUT2D eigenvalue weighted by molar-refractivity contribution is -0.709. The summed E-state index contributed by atoms with van der Waals surface area (Å²) in [5, 5.41) is 4.40. The molecule has 3 rings (SSSR count). The van der Waals surface area contributed by atoms with Crippen LogP contribution < -0.4 is 28.7 Å². The number of aryl methyl sites for hydroxylation is 1. The van der Waals surface area contributed by atoms with Crippen molar-refractivity contribution in [3.05, 3.63) is 54.6 Å². The molecule has 0 amide bonds. The first-order chi connectivity index (χ1) is 9.25. The van der Waals surface area contributed by atoms with Gasteiger partial charge in [0.1, 0.15) is 7.05 Å². The summed E-state index contributed by atoms with van der Waals surface area (Å²) in [5.41, 5.74) is 2.03. The van der Waals surface area contributed by atoms with Crippen LogP contribution in [0.4, 0.5) is 0 Å². The smallest absolute Gasteiger partial charge is 0.199 e. The Hall–Kier alpha value is -1.28. The van der Waals surface area contributed by atoms with Gasteiger partial charge in [0, 0.05) is 4.90 Å². The van der Waals surface area contributed by atoms with Crippen molar-refractivity contribution in [3.63, 3.8) is 0 Å². The molecule has 3 aromatic rings. The minimum atomic E-state index is -1.09. The van der Waals surface area contributed by atoms with Crippen LogP contribution in [0.15, 0.2) is 59.5 Å². The van der Waals surface area contributed by atoms with E-state index in [-0.39, 0.29) is 24.0 Å². The van der Waals surface area contributed by atoms with E-state index in [1.807, 2.05) is 61.6 Å². The molecule has 0 saturated carbocycles. The molecule has 1 unspecified atom stereocenters. The van der Waals surface area contributed by atoms with E-state index in [0.29, 0.717) is 5.88 Å². The molecule has 1 atom stereocenters. The van der Waals surface area contributed by atoms with E-state index in [1.165, 1.54) is 0 Å². The number of hydrogen-bond donors (Lipinski definition) is 0. The predicted octanol–water partition coefficient (Wildman–Crippen LogP) is -1.37. The van der Waals surface area contributed by atoms with E-state index in [1.54, 1.807) is 9.36 Å². The highest BCUT2D eigenvalue weighted by Crippen LogP contribution is 2.12. The molecule has 0 aliphatic heterocycles. The van der Waals surface area contributed by atoms with Crippen LogP contribution in [-0.4, -0.2) is 14.1 Å². The molecule has 4 nitrogen and oxygen atoms in total. The lowest BCUT2D eigenvalue weighted by Crippen LogP contribution is -3.00. The third kappa shape index (κ3) is 2.90. The molecule has 0 aliphatic carbocycles. The van der Waals surface area contributed by atoms with Crippen molar-refractivity contribution >= 4 is 21.8 Å². The van der Waals surface area contributed by atoms with E-state index in [2.05, 4.69) is 5.21 Å². The molecule has 0 saturated heterocycles. The molecule has 6 heteroatoms. The molecule has 0 N–H and O–H groups in total. The van der Waals surface area contributed by atoms with E-state index < -0.39 is 10.8 Å². The molecule has 1 aromatic heterocycles. The van der Waals surface area contributed by atoms with Crippen molar-refractivity contribution in [1.82, 2.24) is 9.90 Å². The third-order valence-electron chi connectivity index (χ3n) is 3.00. The van der Waals surface area contributed by atoms with Crippen LogP contribution in [-0.2, 0) is 23.7 Å². The van der Waals surface area contributed by atoms with Gasteiger partial charge in [-0.05, 0) is 24.3 Å². The van der Waals surface area contributed by atoms with E-state index in [9.17, 15) is 4.21 Å². The lowest BCUT2D eigenvalue weighted by Gasteiger charge is -1.98. The van der Waals surface area contributed by atoms with Crippen molar-refractivity contribution in [1.29, 1.82) is 0 Å². The van der Waals surface area contributed by atoms with Crippen molar-refractivity contribution in [2.24, 2.45) is 7.05 Å². The van der Waals surface area contributed by atoms with Crippen molar-refractivity contribution in [3.8, 4) is 0 Å². The first-order valence-corrected chi connectivity index (χ1v) is 7.33. The molecule has 1 heterocycles. The number of rotatable bonds is 3. The van der Waals surface area contributed by atoms with Crippen LogP contribution >= 0.6 is 0 Å². The molecule has 2 aromatic carbocycles. The second-order valence-electron chi connectivity index (χ2n) is 4.29. The van der Waals surface area contributed by atoms with Crippen LogP contribution in [0.3, 0.4) is 0 Å². The van der Waals surface area contributed by atoms with E-state index in [4.69, 9.17) is 0 Å². The Morgan fingerprint density at radius 1 is 1.10 bits per heavy atom. The number of fused-ring (bicyclic) bond motifs is 1. The molecule has 0 aliphatic rings. The zero-order valence-electron chi connectivity index (χ0n) is 10.9. The molecular formula is C14H14IN3OS. The van der Waals surface area contributed by atoms with Crippen LogP contribution in [0.25, 0.3) is 11.0 Å². The highest BCUT2D eigenvalue weighted by atomic mass is 127. The fourth-order valence-electron chi connectivity index (χ4n) is 2.07. The summed E-state index contributed by atoms with van der Waals surface area (Å²) in [6, 6.07) is 17.4. The van der Waals surface area contributed by atoms with Crippen LogP contribution in [0.5, 0.6) is 0 Å². The average molecular weight is 399 g/mol. The highest BCUT2D eigenvalue weighted by Gasteiger charge is 2.17. The molecule has 0 radical (unpaired) electrons. The largest absolute Gasteiger partial charge is 1.00 e. The molecule has 0 spiro atoms. The first-order valence-electron chi connectivity index (χ1n) is 6.01. The van der Waals surface area contributed by atoms with Crippen LogP contribution in [0, 0.1) is 0 Å². The van der Waals surface area contributed by atoms with Gasteiger partial charge in [0.2, 0.25) is 0 Å². The summed E-state index contributed by atoms with van der Waals surface area (Å²) >= 11 is 0. The Kier molecular flexibility index (Phi) is 4.87. The molecule has 0 fully saturated rings. The summed E-state index contributed by atoms with van der Waals surface area (Å²) in [5.74, 6) is 0.366. The van der Waals surface area contributed by atoms with Crippen molar-refractivity contribution in [2.75, 3.05) is 0 Å². The van der Waals surface area contributed by atoms with Crippen LogP contribution in [0.1, 0.15) is 0 Å². The van der Waals surface area contributed by atoms with Gasteiger partial charge in [0.15, 0.2) is 16.9 Å². The minimum absolute atomic E-state index is 0. The molecule has 0 bridgehead atoms. The SMILES string of the molecule is C[n+]1nn(CS(=O)c2ccccc2)c2ccccc21.[I-]. The van der Waals surface area contributed by atoms with Gasteiger partial charge in [-0.1, -0.05) is 30.3 Å². The Morgan fingerprint density at radius 3 is 2.50 bits per heavy atom. The summed E-state index contributed by atoms with van der Waals surface area (Å²) in [6.45, 7) is 0. The zero-order chi connectivity index (χ0) is 13.2. The van der Waals surface area contributed by atoms with Gasteiger partial charge in [0.25, 0.3) is 0 Å². The maximum absolute atomic E-state index is 12.3. The second kappa shape index (κ2) is 6.45. The number of aromatic nitrogens is 3. The van der Waals surface area contributed by atoms with Crippen molar-refractivity contribution in [2.45, 2.75) is 10.8 Å². The maximum Gasteiger partial charge on any atom is 0.199 e. The maximum atomic E-state index is 12.3. The Morgan fingerprint density at radius 2 is 1.75 bits per heavy atom. The second-order valence-corrected chi connectivity index (χ2v) is 5.71. The predicted molar refractivity (Wildman–Crippen MR) is 73.8 cm³/mol. The van der Waals surface area contributed by atoms with Crippen LogP contribution in [0.2, 0.25) is 0 Å². The summed E-state index contributed by atoms with van der Waals surface area (Å²) in [4.78, 5) is 0.824. The Balaban J connectivity index is 0.00000147. The van der Waals surface area contributed by atoms with Gasteiger partial charge in [0.05, 0.1) is 16.0 Å². The number of halogens is 1. The lowest BCUT2D eigenvalue weighted by atomic mass is 10.3. The summed E-state index contributed by atoms with van der Waals surface area (Å²) in [6.07, 6.45) is 0. The Bertz CT molecular complexity index is 743. The molecule has 104 valence electrons. The van der Waals surface area contributed by atoms with Gasteiger partial charge in [-0.15, -0.1) is 9.36 Å². The first kappa shape index (κ1) is 15.1. The number of nitrogens with zero attached hydrogens (tertiary/aromatic N) is 3. The summed E-state index contributed by atoms with van der Waals surface area (Å²) in [7, 11) is 0.803. The number of benzene rings is 2. The van der Waals surface area contributed by atoms with E-state index in [0.717, 1.165) is 15.9 Å². The normalized spacial score (nSPS) is 12.1. The summed E-state index contributed by atoms with van der Waals surface area (Å²) < 4.78 is 15.9. The average Bonchev–Trinajstić information content (AvgIpc) is 2.77. The van der Waals surface area contributed by atoms with Gasteiger partial charge in [-0.3, -0.25) is 4.21 Å². The molecular weight excluding hydrogens is 385 g/mol. The quantitative estimate of drug-likeness (QED) is 0.403. The van der Waals surface area contributed by atoms with E-state index >= 15 is 0 Å². The van der Waals surface area contributed by atoms with Gasteiger partial charge < -0.3 is 24.0 Å². The Labute approximate surface area is 136 Å². The standard InChI is InChI=1S/C14H14N3OS.HI/c1-16-13-9-5-6-10-14(13)17(15-16)11-19(18)12-7-3-2-4-8-12;/h2-10H,11H2,1H3;1H/q+1;/p-1. The number of hydrogen-bond acceptors (Lipinski definition) is 2. The monoisotopic (exact) mass is 399 g/mol. The minimum Gasteiger partial charge on any atom is -1.00 e. The number of para-hydroxylation sites is 2. The fourth-order valence-corrected chi connectivity index (χ4v) is 3.09. The fraction of sp³-hybridized carbons (Fsp3) is 0.143. The topological polar surface area (TPSA) is 38.8 Å². The zero-order valence-corrected chi connectivity index (χ0v) is 13.9. The van der Waals surface area contributed by atoms with Gasteiger partial charge >= 0.3 is 0 Å². The molecule has 20 heavy (non-hydrogen) atoms. The van der Waals surface area contributed by atoms with Crippen molar-refractivity contribution < 1.29 is 32.9 Å². The third-order valence-corrected chi connectivity index (χ3v) is 4.27. The van der Waals surface area contributed by atoms with Gasteiger partial charge in [-0.25, -0.2) is 0 Å². The van der Waals surface area contributed by atoms with Gasteiger partial charge in [-0.2, -0.15) is 0 Å². The highest BCUT2D eigenvalue weighted by molar-refractivity contribution is 7.84.